The zero-order chi connectivity index (χ0) is 13.4. The summed E-state index contributed by atoms with van der Waals surface area (Å²) in [6.07, 6.45) is -0.231. The predicted molar refractivity (Wildman–Crippen MR) is 62.7 cm³/mol. The van der Waals surface area contributed by atoms with Crippen molar-refractivity contribution in [2.45, 2.75) is 26.3 Å². The van der Waals surface area contributed by atoms with Crippen LogP contribution in [0.25, 0.3) is 0 Å². The topological polar surface area (TPSA) is 119 Å². The fourth-order valence-electron chi connectivity index (χ4n) is 1.29. The van der Waals surface area contributed by atoms with Gasteiger partial charge < -0.3 is 21.7 Å². The molecule has 0 rings (SSSR count). The average molecular weight is 244 g/mol. The second-order valence-electron chi connectivity index (χ2n) is 3.56. The highest BCUT2D eigenvalue weighted by Crippen LogP contribution is 1.90. The minimum Gasteiger partial charge on any atom is -0.370 e. The summed E-state index contributed by atoms with van der Waals surface area (Å²) in [5, 5.41) is 2.37. The number of likely N-dealkylation sites (N-methyl/N-ethyl adjacent to an activating group) is 1. The van der Waals surface area contributed by atoms with E-state index in [-0.39, 0.29) is 18.9 Å². The van der Waals surface area contributed by atoms with Crippen LogP contribution >= 0.6 is 0 Å². The molecule has 0 aromatic carbocycles. The van der Waals surface area contributed by atoms with Crippen LogP contribution in [0.5, 0.6) is 0 Å². The van der Waals surface area contributed by atoms with Crippen molar-refractivity contribution in [2.75, 3.05) is 19.6 Å². The molecule has 0 aromatic heterocycles. The highest BCUT2D eigenvalue weighted by atomic mass is 16.2. The van der Waals surface area contributed by atoms with Gasteiger partial charge in [0.15, 0.2) is 0 Å². The van der Waals surface area contributed by atoms with Crippen molar-refractivity contribution < 1.29 is 14.4 Å². The fraction of sp³-hybridized carbons (Fsp3) is 0.700. The molecule has 7 heteroatoms. The number of primary amides is 1. The van der Waals surface area contributed by atoms with E-state index in [1.54, 1.807) is 4.90 Å². The van der Waals surface area contributed by atoms with Crippen LogP contribution in [0.1, 0.15) is 20.3 Å². The molecule has 5 N–H and O–H groups in total. The summed E-state index contributed by atoms with van der Waals surface area (Å²) in [7, 11) is 0. The molecule has 0 saturated heterocycles. The third kappa shape index (κ3) is 5.86. The van der Waals surface area contributed by atoms with Crippen LogP contribution in [0.15, 0.2) is 0 Å². The monoisotopic (exact) mass is 244 g/mol. The zero-order valence-electron chi connectivity index (χ0n) is 10.2. The Morgan fingerprint density at radius 2 is 1.76 bits per heavy atom. The SMILES string of the molecule is CCN(CC)C(=O)CNC(=O)C(N)CC(N)=O. The van der Waals surface area contributed by atoms with Crippen molar-refractivity contribution >= 4 is 17.7 Å². The highest BCUT2D eigenvalue weighted by molar-refractivity contribution is 5.90. The molecule has 17 heavy (non-hydrogen) atoms. The lowest BCUT2D eigenvalue weighted by Gasteiger charge is -2.19. The molecular weight excluding hydrogens is 224 g/mol. The molecule has 0 bridgehead atoms. The van der Waals surface area contributed by atoms with Gasteiger partial charge in [-0.3, -0.25) is 14.4 Å². The zero-order valence-corrected chi connectivity index (χ0v) is 10.2. The van der Waals surface area contributed by atoms with Crippen molar-refractivity contribution in [3.05, 3.63) is 0 Å². The lowest BCUT2D eigenvalue weighted by molar-refractivity contribution is -0.133. The average Bonchev–Trinajstić information content (AvgIpc) is 2.26. The number of amides is 3. The van der Waals surface area contributed by atoms with E-state index in [0.29, 0.717) is 13.1 Å². The summed E-state index contributed by atoms with van der Waals surface area (Å²) in [5.74, 6) is -1.39. The number of rotatable bonds is 7. The van der Waals surface area contributed by atoms with Gasteiger partial charge in [0, 0.05) is 13.1 Å². The van der Waals surface area contributed by atoms with E-state index < -0.39 is 17.9 Å². The molecule has 98 valence electrons. The van der Waals surface area contributed by atoms with Crippen LogP contribution in [0.4, 0.5) is 0 Å². The van der Waals surface area contributed by atoms with Gasteiger partial charge in [-0.2, -0.15) is 0 Å². The molecule has 1 unspecified atom stereocenters. The Labute approximate surface area is 100 Å². The normalized spacial score (nSPS) is 11.7. The molecule has 7 nitrogen and oxygen atoms in total. The van der Waals surface area contributed by atoms with E-state index in [0.717, 1.165) is 0 Å². The highest BCUT2D eigenvalue weighted by Gasteiger charge is 2.17. The van der Waals surface area contributed by atoms with E-state index >= 15 is 0 Å². The van der Waals surface area contributed by atoms with Crippen LogP contribution in [0.2, 0.25) is 0 Å². The molecule has 3 amide bonds. The summed E-state index contributed by atoms with van der Waals surface area (Å²) in [5.41, 5.74) is 10.3. The Morgan fingerprint density at radius 1 is 1.24 bits per heavy atom. The van der Waals surface area contributed by atoms with Crippen LogP contribution < -0.4 is 16.8 Å². The second-order valence-corrected chi connectivity index (χ2v) is 3.56. The summed E-state index contributed by atoms with van der Waals surface area (Å²) in [6, 6.07) is -1.00. The molecule has 0 aromatic rings. The number of nitrogens with two attached hydrogens (primary N) is 2. The lowest BCUT2D eigenvalue weighted by Crippen LogP contribution is -2.47. The van der Waals surface area contributed by atoms with Gasteiger partial charge in [-0.15, -0.1) is 0 Å². The van der Waals surface area contributed by atoms with Crippen LogP contribution in [0, 0.1) is 0 Å². The van der Waals surface area contributed by atoms with Crippen LogP contribution in [0.3, 0.4) is 0 Å². The molecule has 1 atom stereocenters. The smallest absolute Gasteiger partial charge is 0.241 e. The third-order valence-electron chi connectivity index (χ3n) is 2.29. The summed E-state index contributed by atoms with van der Waals surface area (Å²) >= 11 is 0. The van der Waals surface area contributed by atoms with Gasteiger partial charge in [-0.1, -0.05) is 0 Å². The molecule has 0 aliphatic carbocycles. The Bertz CT molecular complexity index is 289. The molecule has 0 fully saturated rings. The van der Waals surface area contributed by atoms with Crippen molar-refractivity contribution in [3.63, 3.8) is 0 Å². The number of nitrogens with zero attached hydrogens (tertiary/aromatic N) is 1. The Kier molecular flexibility index (Phi) is 6.88. The first-order valence-corrected chi connectivity index (χ1v) is 5.51. The summed E-state index contributed by atoms with van der Waals surface area (Å²) < 4.78 is 0. The maximum absolute atomic E-state index is 11.5. The number of carbonyl (C=O) groups is 3. The Morgan fingerprint density at radius 3 is 2.18 bits per heavy atom. The minimum absolute atomic E-state index is 0.118. The fourth-order valence-corrected chi connectivity index (χ4v) is 1.29. The number of nitrogens with one attached hydrogen (secondary N) is 1. The van der Waals surface area contributed by atoms with E-state index in [4.69, 9.17) is 11.5 Å². The standard InChI is InChI=1S/C10H20N4O3/c1-3-14(4-2)9(16)6-13-10(17)7(11)5-8(12)15/h7H,3-6,11H2,1-2H3,(H2,12,15)(H,13,17). The van der Waals surface area contributed by atoms with Crippen molar-refractivity contribution in [1.29, 1.82) is 0 Å². The maximum Gasteiger partial charge on any atom is 0.241 e. The van der Waals surface area contributed by atoms with E-state index in [9.17, 15) is 14.4 Å². The lowest BCUT2D eigenvalue weighted by atomic mass is 10.2. The predicted octanol–water partition coefficient (Wildman–Crippen LogP) is -1.83. The second kappa shape index (κ2) is 7.61. The molecule has 0 saturated carbocycles. The van der Waals surface area contributed by atoms with Crippen molar-refractivity contribution in [2.24, 2.45) is 11.5 Å². The summed E-state index contributed by atoms with van der Waals surface area (Å²) in [6.45, 7) is 4.74. The quantitative estimate of drug-likeness (QED) is 0.488. The molecule has 0 spiro atoms. The Balaban J connectivity index is 4.06. The number of hydrogen-bond donors (Lipinski definition) is 3. The molecular formula is C10H20N4O3. The third-order valence-corrected chi connectivity index (χ3v) is 2.29. The first kappa shape index (κ1) is 15.4. The van der Waals surface area contributed by atoms with Gasteiger partial charge in [0.1, 0.15) is 0 Å². The molecule has 0 aliphatic rings. The maximum atomic E-state index is 11.5. The first-order valence-electron chi connectivity index (χ1n) is 5.51. The molecule has 0 heterocycles. The Hall–Kier alpha value is -1.63. The van der Waals surface area contributed by atoms with Gasteiger partial charge in [0.25, 0.3) is 0 Å². The van der Waals surface area contributed by atoms with Gasteiger partial charge in [-0.25, -0.2) is 0 Å². The molecule has 0 aliphatic heterocycles. The van der Waals surface area contributed by atoms with Crippen LogP contribution in [-0.2, 0) is 14.4 Å². The molecule has 0 radical (unpaired) electrons. The minimum atomic E-state index is -1.00. The van der Waals surface area contributed by atoms with E-state index in [1.165, 1.54) is 0 Å². The van der Waals surface area contributed by atoms with Crippen molar-refractivity contribution in [1.82, 2.24) is 10.2 Å². The van der Waals surface area contributed by atoms with Gasteiger partial charge in [0.2, 0.25) is 17.7 Å². The van der Waals surface area contributed by atoms with Crippen molar-refractivity contribution in [3.8, 4) is 0 Å². The largest absolute Gasteiger partial charge is 0.370 e. The summed E-state index contributed by atoms with van der Waals surface area (Å²) in [4.78, 5) is 35.0. The number of carbonyl (C=O) groups excluding carboxylic acids is 3. The number of hydrogen-bond acceptors (Lipinski definition) is 4. The van der Waals surface area contributed by atoms with Gasteiger partial charge in [0.05, 0.1) is 19.0 Å². The van der Waals surface area contributed by atoms with E-state index in [1.807, 2.05) is 13.8 Å². The van der Waals surface area contributed by atoms with Crippen LogP contribution in [-0.4, -0.2) is 48.3 Å². The van der Waals surface area contributed by atoms with Gasteiger partial charge in [-0.05, 0) is 13.8 Å². The first-order chi connectivity index (χ1) is 7.92. The van der Waals surface area contributed by atoms with E-state index in [2.05, 4.69) is 5.32 Å². The van der Waals surface area contributed by atoms with Gasteiger partial charge >= 0.3 is 0 Å².